The van der Waals surface area contributed by atoms with Crippen LogP contribution in [0.15, 0.2) is 108 Å². The van der Waals surface area contributed by atoms with E-state index in [2.05, 4.69) is 5.32 Å². The molecule has 0 aliphatic carbocycles. The lowest BCUT2D eigenvalue weighted by Crippen LogP contribution is -2.42. The molecule has 0 spiro atoms. The minimum Gasteiger partial charge on any atom is -0.384 e. The lowest BCUT2D eigenvalue weighted by Gasteiger charge is -2.31. The topological polar surface area (TPSA) is 142 Å². The van der Waals surface area contributed by atoms with Crippen molar-refractivity contribution < 1.29 is 13.2 Å². The summed E-state index contributed by atoms with van der Waals surface area (Å²) in [7, 11) is -3.89. The number of benzene rings is 4. The van der Waals surface area contributed by atoms with Gasteiger partial charge in [-0.15, -0.1) is 0 Å². The first-order chi connectivity index (χ1) is 18.1. The third kappa shape index (κ3) is 6.26. The number of hydrogen-bond donors (Lipinski definition) is 4. The van der Waals surface area contributed by atoms with E-state index in [-0.39, 0.29) is 16.6 Å². The highest BCUT2D eigenvalue weighted by atomic mass is 32.2. The van der Waals surface area contributed by atoms with E-state index in [1.807, 2.05) is 54.3 Å². The highest BCUT2D eigenvalue weighted by Crippen LogP contribution is 2.28. The highest BCUT2D eigenvalue weighted by molar-refractivity contribution is 7.89. The predicted molar refractivity (Wildman–Crippen MR) is 151 cm³/mol. The first-order valence-corrected chi connectivity index (χ1v) is 13.5. The van der Waals surface area contributed by atoms with Crippen LogP contribution in [0, 0.1) is 5.41 Å². The van der Waals surface area contributed by atoms with Crippen LogP contribution in [0.1, 0.15) is 18.1 Å². The number of hydrogen-bond acceptors (Lipinski definition) is 5. The molecule has 4 rings (SSSR count). The fraction of sp³-hybridized carbons (Fsp3) is 0.103. The highest BCUT2D eigenvalue weighted by Gasteiger charge is 2.23. The second-order valence-electron chi connectivity index (χ2n) is 8.86. The lowest BCUT2D eigenvalue weighted by molar-refractivity contribution is -0.117. The molecular weight excluding hydrogens is 498 g/mol. The summed E-state index contributed by atoms with van der Waals surface area (Å²) in [5.41, 5.74) is 9.78. The van der Waals surface area contributed by atoms with Gasteiger partial charge in [-0.05, 0) is 48.4 Å². The fourth-order valence-electron chi connectivity index (χ4n) is 4.16. The maximum Gasteiger partial charge on any atom is 0.246 e. The molecule has 194 valence electrons. The van der Waals surface area contributed by atoms with E-state index in [1.165, 1.54) is 6.07 Å². The zero-order chi connectivity index (χ0) is 27.3. The summed E-state index contributed by atoms with van der Waals surface area (Å²) in [5, 5.41) is 16.1. The van der Waals surface area contributed by atoms with Crippen LogP contribution >= 0.6 is 0 Å². The van der Waals surface area contributed by atoms with E-state index < -0.39 is 16.1 Å². The first kappa shape index (κ1) is 26.6. The summed E-state index contributed by atoms with van der Waals surface area (Å²) >= 11 is 0. The molecule has 8 nitrogen and oxygen atoms in total. The molecule has 0 radical (unpaired) electrons. The average Bonchev–Trinajstić information content (AvgIpc) is 2.92. The molecule has 0 aliphatic heterocycles. The van der Waals surface area contributed by atoms with E-state index in [9.17, 15) is 13.2 Å². The summed E-state index contributed by atoms with van der Waals surface area (Å²) < 4.78 is 24.0. The van der Waals surface area contributed by atoms with E-state index >= 15 is 0 Å². The number of sulfonamides is 1. The number of rotatable bonds is 9. The van der Waals surface area contributed by atoms with Gasteiger partial charge in [0.15, 0.2) is 0 Å². The number of nitrogens with one attached hydrogen (secondary N) is 2. The molecule has 1 atom stereocenters. The molecular formula is C29H29N5O3S. The molecule has 0 fully saturated rings. The quantitative estimate of drug-likeness (QED) is 0.189. The second kappa shape index (κ2) is 11.3. The maximum atomic E-state index is 13.4. The van der Waals surface area contributed by atoms with E-state index in [4.69, 9.17) is 16.3 Å². The molecule has 38 heavy (non-hydrogen) atoms. The van der Waals surface area contributed by atoms with E-state index in [0.29, 0.717) is 28.9 Å². The second-order valence-corrected chi connectivity index (χ2v) is 10.4. The van der Waals surface area contributed by atoms with E-state index in [0.717, 1.165) is 11.3 Å². The van der Waals surface area contributed by atoms with Gasteiger partial charge in [-0.25, -0.2) is 13.6 Å². The van der Waals surface area contributed by atoms with Crippen LogP contribution < -0.4 is 21.1 Å². The van der Waals surface area contributed by atoms with Gasteiger partial charge in [-0.2, -0.15) is 0 Å². The molecule has 0 aromatic heterocycles. The van der Waals surface area contributed by atoms with Crippen molar-refractivity contribution in [1.29, 1.82) is 5.41 Å². The van der Waals surface area contributed by atoms with Gasteiger partial charge in [0.1, 0.15) is 11.9 Å². The minimum absolute atomic E-state index is 0.0368. The molecule has 1 unspecified atom stereocenters. The van der Waals surface area contributed by atoms with Crippen molar-refractivity contribution in [2.45, 2.75) is 24.4 Å². The molecule has 0 saturated carbocycles. The van der Waals surface area contributed by atoms with Crippen molar-refractivity contribution in [3.8, 4) is 11.1 Å². The summed E-state index contributed by atoms with van der Waals surface area (Å²) in [4.78, 5) is 15.4. The number of nitrogens with zero attached hydrogens (tertiary/aromatic N) is 1. The van der Waals surface area contributed by atoms with Crippen LogP contribution in [0.4, 0.5) is 11.4 Å². The van der Waals surface area contributed by atoms with E-state index in [1.54, 1.807) is 54.6 Å². The van der Waals surface area contributed by atoms with Crippen LogP contribution in [0.5, 0.6) is 0 Å². The number of amides is 1. The normalized spacial score (nSPS) is 11.9. The largest absolute Gasteiger partial charge is 0.384 e. The summed E-state index contributed by atoms with van der Waals surface area (Å²) in [6.07, 6.45) is 0. The number of carbonyl (C=O) groups is 1. The van der Waals surface area contributed by atoms with Crippen LogP contribution in [0.25, 0.3) is 11.1 Å². The minimum atomic E-state index is -3.89. The van der Waals surface area contributed by atoms with Gasteiger partial charge in [0.2, 0.25) is 15.9 Å². The standard InChI is InChI=1S/C29H29N5O3S/c1-20(34(19-21-8-3-2-4-9-21)25-11-7-10-23(18-25)28(30)31)29(35)33-24-16-14-22(15-17-24)26-12-5-6-13-27(26)38(32,36)37/h2-18,20H,19H2,1H3,(H3,30,31)(H,33,35)(H2,32,36,37). The number of anilines is 2. The Hall–Kier alpha value is -4.47. The Morgan fingerprint density at radius 1 is 0.921 bits per heavy atom. The van der Waals surface area contributed by atoms with Gasteiger partial charge in [-0.3, -0.25) is 10.2 Å². The van der Waals surface area contributed by atoms with Gasteiger partial charge in [0.25, 0.3) is 0 Å². The molecule has 0 bridgehead atoms. The van der Waals surface area contributed by atoms with Crippen molar-refractivity contribution in [1.82, 2.24) is 0 Å². The molecule has 1 amide bonds. The predicted octanol–water partition coefficient (Wildman–Crippen LogP) is 4.32. The molecule has 4 aromatic rings. The first-order valence-electron chi connectivity index (χ1n) is 11.9. The molecule has 0 saturated heterocycles. The Balaban J connectivity index is 1.58. The van der Waals surface area contributed by atoms with Crippen LogP contribution in [0.3, 0.4) is 0 Å². The van der Waals surface area contributed by atoms with Crippen molar-refractivity contribution in [3.05, 3.63) is 114 Å². The molecule has 4 aromatic carbocycles. The van der Waals surface area contributed by atoms with Crippen molar-refractivity contribution in [2.75, 3.05) is 10.2 Å². The molecule has 6 N–H and O–H groups in total. The Kier molecular flexibility index (Phi) is 7.90. The van der Waals surface area contributed by atoms with Crippen molar-refractivity contribution in [3.63, 3.8) is 0 Å². The van der Waals surface area contributed by atoms with Crippen LogP contribution in [-0.2, 0) is 21.4 Å². The average molecular weight is 528 g/mol. The van der Waals surface area contributed by atoms with Crippen LogP contribution in [-0.4, -0.2) is 26.2 Å². The molecule has 0 aliphatic rings. The Morgan fingerprint density at radius 2 is 1.58 bits per heavy atom. The molecule has 0 heterocycles. The summed E-state index contributed by atoms with van der Waals surface area (Å²) in [6, 6.07) is 29.9. The van der Waals surface area contributed by atoms with Gasteiger partial charge in [-0.1, -0.05) is 72.8 Å². The Labute approximate surface area is 222 Å². The fourth-order valence-corrected chi connectivity index (χ4v) is 4.92. The third-order valence-corrected chi connectivity index (χ3v) is 7.16. The van der Waals surface area contributed by atoms with Crippen molar-refractivity contribution in [2.24, 2.45) is 10.9 Å². The summed E-state index contributed by atoms with van der Waals surface area (Å²) in [5.74, 6) is -0.278. The zero-order valence-corrected chi connectivity index (χ0v) is 21.7. The van der Waals surface area contributed by atoms with Gasteiger partial charge in [0.05, 0.1) is 4.90 Å². The summed E-state index contributed by atoms with van der Waals surface area (Å²) in [6.45, 7) is 2.29. The number of primary sulfonamides is 1. The smallest absolute Gasteiger partial charge is 0.246 e. The number of amidine groups is 1. The Morgan fingerprint density at radius 3 is 2.24 bits per heavy atom. The lowest BCUT2D eigenvalue weighted by atomic mass is 10.1. The zero-order valence-electron chi connectivity index (χ0n) is 20.8. The third-order valence-electron chi connectivity index (χ3n) is 6.19. The number of nitrogens with two attached hydrogens (primary N) is 2. The number of nitrogen functional groups attached to an aromatic ring is 1. The maximum absolute atomic E-state index is 13.4. The van der Waals surface area contributed by atoms with Gasteiger partial charge >= 0.3 is 0 Å². The monoisotopic (exact) mass is 527 g/mol. The van der Waals surface area contributed by atoms with Crippen LogP contribution in [0.2, 0.25) is 0 Å². The number of carbonyl (C=O) groups excluding carboxylic acids is 1. The molecule has 9 heteroatoms. The SMILES string of the molecule is CC(C(=O)Nc1ccc(-c2ccccc2S(N)(=O)=O)cc1)N(Cc1ccccc1)c1cccc(C(=N)N)c1. The van der Waals surface area contributed by atoms with Gasteiger partial charge < -0.3 is 16.0 Å². The van der Waals surface area contributed by atoms with Crippen molar-refractivity contribution >= 4 is 33.1 Å². The Bertz CT molecular complexity index is 1550. The van der Waals surface area contributed by atoms with Gasteiger partial charge in [0, 0.05) is 29.0 Å².